The van der Waals surface area contributed by atoms with Crippen LogP contribution in [0.2, 0.25) is 0 Å². The highest BCUT2D eigenvalue weighted by Gasteiger charge is 2.45. The van der Waals surface area contributed by atoms with Gasteiger partial charge < -0.3 is 9.13 Å². The Kier molecular flexibility index (Phi) is 18.0. The molecule has 0 unspecified atom stereocenters. The maximum absolute atomic E-state index is 15.4. The smallest absolute Gasteiger partial charge is 0.309 e. The van der Waals surface area contributed by atoms with Gasteiger partial charge in [-0.25, -0.2) is 0 Å². The van der Waals surface area contributed by atoms with Gasteiger partial charge in [-0.2, -0.15) is 137 Å². The van der Waals surface area contributed by atoms with E-state index in [4.69, 9.17) is 0 Å². The molecule has 2 aromatic heterocycles. The van der Waals surface area contributed by atoms with Gasteiger partial charge >= 0.3 is 61.8 Å². The maximum Gasteiger partial charge on any atom is 0.417 e. The van der Waals surface area contributed by atoms with E-state index in [0.717, 1.165) is 118 Å². The zero-order valence-electron chi connectivity index (χ0n) is 53.7. The highest BCUT2D eigenvalue weighted by Crippen LogP contribution is 2.52. The molecular formula is C77H33F30N3. The third kappa shape index (κ3) is 14.1. The molecule has 33 heteroatoms. The molecule has 0 fully saturated rings. The van der Waals surface area contributed by atoms with Crippen LogP contribution < -0.4 is 0 Å². The second-order valence-electron chi connectivity index (χ2n) is 25.0. The van der Waals surface area contributed by atoms with E-state index >= 15 is 39.5 Å². The van der Waals surface area contributed by atoms with Crippen LogP contribution in [0, 0.1) is 11.3 Å². The minimum absolute atomic E-state index is 0.227. The Labute approximate surface area is 595 Å². The largest absolute Gasteiger partial charge is 0.417 e. The summed E-state index contributed by atoms with van der Waals surface area (Å²) < 4.78 is 440. The average molecular weight is 1570 g/mol. The number of alkyl halides is 30. The molecule has 13 aromatic rings. The zero-order valence-corrected chi connectivity index (χ0v) is 53.7. The van der Waals surface area contributed by atoms with E-state index in [1.165, 1.54) is 0 Å². The first-order valence-electron chi connectivity index (χ1n) is 31.1. The molecule has 110 heavy (non-hydrogen) atoms. The molecule has 13 rings (SSSR count). The lowest BCUT2D eigenvalue weighted by atomic mass is 9.92. The van der Waals surface area contributed by atoms with E-state index in [1.54, 1.807) is 0 Å². The number of nitrogens with zero attached hydrogens (tertiary/aromatic N) is 3. The SMILES string of the molecule is N#Cc1ccc(-c2ccc(-c3ccc(C(F)(F)F)cc3C(F)(F)F)cc2-n2c3ccc(-c4ccc(C(F)(F)F)cc4C(F)(F)F)cc3c3cc(-c4ccc(C(F)(F)F)cc4C(F)(F)F)ccc32)c(-n2c3ccc(-c4ccc(C(F)(F)F)cc4C(F)(F)F)cc3c3cc(-c4ccc(C(F)(F)F)cc4C(F)(F)F)ccc32)c1. The van der Waals surface area contributed by atoms with E-state index in [1.807, 2.05) is 6.07 Å². The minimum atomic E-state index is -5.67. The number of fused-ring (bicyclic) bond motifs is 6. The number of rotatable bonds is 8. The van der Waals surface area contributed by atoms with Crippen molar-refractivity contribution in [2.45, 2.75) is 61.8 Å². The first-order valence-corrected chi connectivity index (χ1v) is 31.1. The normalized spacial score (nSPS) is 13.4. The second-order valence-corrected chi connectivity index (χ2v) is 25.0. The summed E-state index contributed by atoms with van der Waals surface area (Å²) in [4.78, 5) is 0. The van der Waals surface area contributed by atoms with Crippen molar-refractivity contribution in [3.05, 3.63) is 261 Å². The van der Waals surface area contributed by atoms with Gasteiger partial charge in [0, 0.05) is 32.7 Å². The average Bonchev–Trinajstić information content (AvgIpc) is 1.55. The van der Waals surface area contributed by atoms with E-state index in [0.29, 0.717) is 30.3 Å². The molecule has 11 aromatic carbocycles. The Hall–Kier alpha value is -11.6. The molecule has 0 spiro atoms. The fourth-order valence-electron chi connectivity index (χ4n) is 13.4. The molecule has 0 radical (unpaired) electrons. The molecule has 0 bridgehead atoms. The van der Waals surface area contributed by atoms with Crippen LogP contribution in [0.25, 0.3) is 122 Å². The molecule has 0 aliphatic rings. The Bertz CT molecular complexity index is 5680. The Balaban J connectivity index is 1.16. The predicted molar refractivity (Wildman–Crippen MR) is 342 cm³/mol. The molecule has 0 N–H and O–H groups in total. The summed E-state index contributed by atoms with van der Waals surface area (Å²) in [6.45, 7) is 0. The monoisotopic (exact) mass is 1570 g/mol. The lowest BCUT2D eigenvalue weighted by Gasteiger charge is -2.21. The fraction of sp³-hybridized carbons (Fsp3) is 0.130. The zero-order chi connectivity index (χ0) is 80.2. The molecule has 2 heterocycles. The van der Waals surface area contributed by atoms with Crippen LogP contribution in [0.1, 0.15) is 61.2 Å². The van der Waals surface area contributed by atoms with Gasteiger partial charge in [-0.15, -0.1) is 0 Å². The van der Waals surface area contributed by atoms with Crippen molar-refractivity contribution in [2.24, 2.45) is 0 Å². The Morgan fingerprint density at radius 3 is 0.618 bits per heavy atom. The summed E-state index contributed by atoms with van der Waals surface area (Å²) in [6.07, 6.45) is -55.0. The van der Waals surface area contributed by atoms with Gasteiger partial charge in [0.15, 0.2) is 0 Å². The Morgan fingerprint density at radius 1 is 0.200 bits per heavy atom. The minimum Gasteiger partial charge on any atom is -0.309 e. The number of benzene rings is 11. The van der Waals surface area contributed by atoms with Crippen LogP contribution in [0.5, 0.6) is 0 Å². The summed E-state index contributed by atoms with van der Waals surface area (Å²) in [5.41, 5.74) is -29.7. The molecular weight excluding hydrogens is 1540 g/mol. The summed E-state index contributed by atoms with van der Waals surface area (Å²) in [5.74, 6) is 0. The molecule has 0 atom stereocenters. The van der Waals surface area contributed by atoms with Gasteiger partial charge in [0.1, 0.15) is 0 Å². The third-order valence-electron chi connectivity index (χ3n) is 18.2. The van der Waals surface area contributed by atoms with E-state index in [2.05, 4.69) is 0 Å². The summed E-state index contributed by atoms with van der Waals surface area (Å²) in [7, 11) is 0. The van der Waals surface area contributed by atoms with Crippen molar-refractivity contribution in [1.29, 1.82) is 5.26 Å². The molecule has 0 amide bonds. The lowest BCUT2D eigenvalue weighted by Crippen LogP contribution is -2.12. The summed E-state index contributed by atoms with van der Waals surface area (Å²) in [6, 6.07) is 21.2. The molecule has 0 saturated carbocycles. The van der Waals surface area contributed by atoms with Gasteiger partial charge in [-0.05, 0) is 183 Å². The van der Waals surface area contributed by atoms with Gasteiger partial charge in [-0.3, -0.25) is 0 Å². The van der Waals surface area contributed by atoms with Gasteiger partial charge in [0.05, 0.1) is 101 Å². The summed E-state index contributed by atoms with van der Waals surface area (Å²) >= 11 is 0. The predicted octanol–water partition coefficient (Wildman–Crippen LogP) is 27.9. The highest BCUT2D eigenvalue weighted by molar-refractivity contribution is 6.14. The first kappa shape index (κ1) is 76.6. The van der Waals surface area contributed by atoms with E-state index < -0.39 is 189 Å². The van der Waals surface area contributed by atoms with Crippen LogP contribution in [0.4, 0.5) is 132 Å². The Morgan fingerprint density at radius 2 is 0.400 bits per heavy atom. The van der Waals surface area contributed by atoms with Crippen molar-refractivity contribution >= 4 is 43.6 Å². The van der Waals surface area contributed by atoms with Gasteiger partial charge in [0.2, 0.25) is 0 Å². The molecule has 0 aliphatic carbocycles. The van der Waals surface area contributed by atoms with Crippen molar-refractivity contribution in [3.8, 4) is 84.2 Å². The number of nitriles is 1. The van der Waals surface area contributed by atoms with Gasteiger partial charge in [-0.1, -0.05) is 72.8 Å². The topological polar surface area (TPSA) is 33.6 Å². The van der Waals surface area contributed by atoms with Crippen molar-refractivity contribution in [1.82, 2.24) is 9.13 Å². The van der Waals surface area contributed by atoms with Crippen molar-refractivity contribution < 1.29 is 132 Å². The van der Waals surface area contributed by atoms with Crippen molar-refractivity contribution in [2.75, 3.05) is 0 Å². The van der Waals surface area contributed by atoms with Crippen molar-refractivity contribution in [3.63, 3.8) is 0 Å². The van der Waals surface area contributed by atoms with Crippen LogP contribution >= 0.6 is 0 Å². The maximum atomic E-state index is 15.4. The van der Waals surface area contributed by atoms with Crippen LogP contribution in [-0.2, 0) is 61.8 Å². The van der Waals surface area contributed by atoms with E-state index in [-0.39, 0.29) is 116 Å². The highest BCUT2D eigenvalue weighted by atomic mass is 19.4. The lowest BCUT2D eigenvalue weighted by molar-refractivity contribution is -0.144. The number of hydrogen-bond acceptors (Lipinski definition) is 1. The quantitative estimate of drug-likeness (QED) is 0.140. The van der Waals surface area contributed by atoms with Crippen LogP contribution in [0.15, 0.2) is 200 Å². The molecule has 3 nitrogen and oxygen atoms in total. The number of aromatic nitrogens is 2. The third-order valence-corrected chi connectivity index (χ3v) is 18.2. The molecule has 0 saturated heterocycles. The van der Waals surface area contributed by atoms with Gasteiger partial charge in [0.25, 0.3) is 0 Å². The number of hydrogen-bond donors (Lipinski definition) is 0. The standard InChI is InChI=1S/C77H33F30N3/c78-68(79,80)41-7-14-46(57(29-41)73(93,94)95)36-3-19-62-53(24-36)54-25-37(47-15-8-42(69(81,82)83)30-58(47)74(96,97)98)4-20-63(54)109(62)66-23-35(34-108)1-12-51(66)52-13-2-40(50-18-11-45(72(90,91)92)33-61(50)77(105,106)107)28-67(52)110-64-21-5-38(48-16-9-43(70(84,85)86)31-59(48)75(99,100)101)26-55(64)56-27-39(6-22-65(56)110)49-17-10-44(71(87,88)89)32-60(49)76(102,103)104/h1-33H. The molecule has 0 aliphatic heterocycles. The van der Waals surface area contributed by atoms with Crippen LogP contribution in [0.3, 0.4) is 0 Å². The fourth-order valence-corrected chi connectivity index (χ4v) is 13.4. The second kappa shape index (κ2) is 25.8. The van der Waals surface area contributed by atoms with E-state index in [9.17, 15) is 97.5 Å². The first-order chi connectivity index (χ1) is 50.8. The van der Waals surface area contributed by atoms with Crippen LogP contribution in [-0.4, -0.2) is 9.13 Å². The summed E-state index contributed by atoms with van der Waals surface area (Å²) in [5, 5.41) is 9.10. The number of halogens is 30. The molecule has 566 valence electrons.